The Balaban J connectivity index is 1.61. The van der Waals surface area contributed by atoms with Gasteiger partial charge >= 0.3 is 6.18 Å². The van der Waals surface area contributed by atoms with Crippen molar-refractivity contribution in [3.8, 4) is 0 Å². The van der Waals surface area contributed by atoms with Crippen LogP contribution in [0, 0.1) is 5.92 Å². The maximum atomic E-state index is 13.2. The molecule has 1 saturated heterocycles. The Hall–Kier alpha value is -2.14. The summed E-state index contributed by atoms with van der Waals surface area (Å²) in [6.45, 7) is 1.86. The summed E-state index contributed by atoms with van der Waals surface area (Å²) >= 11 is 0. The molecule has 2 N–H and O–H groups in total. The molecule has 1 heterocycles. The van der Waals surface area contributed by atoms with E-state index in [2.05, 4.69) is 10.0 Å². The first-order chi connectivity index (χ1) is 14.0. The van der Waals surface area contributed by atoms with E-state index in [1.807, 2.05) is 0 Å². The number of likely N-dealkylation sites (tertiary alicyclic amines) is 1. The fraction of sp³-hybridized carbons (Fsp3) is 0.579. The van der Waals surface area contributed by atoms with Crippen LogP contribution in [0.4, 0.5) is 13.2 Å². The van der Waals surface area contributed by atoms with E-state index in [-0.39, 0.29) is 31.0 Å². The van der Waals surface area contributed by atoms with Gasteiger partial charge in [0.05, 0.1) is 16.5 Å². The van der Waals surface area contributed by atoms with Crippen LogP contribution in [-0.2, 0) is 25.8 Å². The molecule has 1 saturated carbocycles. The number of hydrogen-bond acceptors (Lipinski definition) is 4. The van der Waals surface area contributed by atoms with E-state index in [4.69, 9.17) is 0 Å². The van der Waals surface area contributed by atoms with E-state index in [0.717, 1.165) is 25.0 Å². The Labute approximate surface area is 173 Å². The van der Waals surface area contributed by atoms with Crippen LogP contribution in [0.15, 0.2) is 29.2 Å². The second-order valence-electron chi connectivity index (χ2n) is 7.72. The molecule has 1 aliphatic carbocycles. The van der Waals surface area contributed by atoms with Crippen molar-refractivity contribution in [3.63, 3.8) is 0 Å². The van der Waals surface area contributed by atoms with Crippen LogP contribution in [0.5, 0.6) is 0 Å². The number of amides is 2. The molecule has 0 unspecified atom stereocenters. The van der Waals surface area contributed by atoms with Crippen molar-refractivity contribution in [2.45, 2.75) is 55.8 Å². The molecule has 2 amide bonds. The summed E-state index contributed by atoms with van der Waals surface area (Å²) in [6.07, 6.45) is -1.96. The molecular weight excluding hydrogens is 423 g/mol. The molecule has 30 heavy (non-hydrogen) atoms. The molecule has 166 valence electrons. The molecule has 0 aromatic heterocycles. The minimum absolute atomic E-state index is 0.0258. The smallest absolute Gasteiger partial charge is 0.353 e. The topological polar surface area (TPSA) is 95.6 Å². The molecule has 1 aromatic carbocycles. The Morgan fingerprint density at radius 3 is 2.27 bits per heavy atom. The fourth-order valence-corrected chi connectivity index (χ4v) is 4.89. The first-order valence-electron chi connectivity index (χ1n) is 9.77. The molecule has 0 spiro atoms. The average molecular weight is 447 g/mol. The number of nitrogens with zero attached hydrogens (tertiary/aromatic N) is 1. The van der Waals surface area contributed by atoms with Gasteiger partial charge in [0.15, 0.2) is 0 Å². The zero-order valence-corrected chi connectivity index (χ0v) is 17.2. The lowest BCUT2D eigenvalue weighted by Gasteiger charge is -2.33. The van der Waals surface area contributed by atoms with E-state index in [9.17, 15) is 31.2 Å². The highest BCUT2D eigenvalue weighted by Gasteiger charge is 2.38. The minimum atomic E-state index is -4.85. The largest absolute Gasteiger partial charge is 0.417 e. The Morgan fingerprint density at radius 1 is 1.10 bits per heavy atom. The van der Waals surface area contributed by atoms with Gasteiger partial charge in [-0.3, -0.25) is 9.59 Å². The molecule has 11 heteroatoms. The first kappa shape index (κ1) is 22.5. The number of nitrogens with one attached hydrogen (secondary N) is 2. The molecular formula is C19H24F3N3O4S. The molecule has 7 nitrogen and oxygen atoms in total. The molecule has 0 radical (unpaired) electrons. The Bertz CT molecular complexity index is 908. The van der Waals surface area contributed by atoms with Gasteiger partial charge in [-0.05, 0) is 44.7 Å². The van der Waals surface area contributed by atoms with Gasteiger partial charge in [0, 0.05) is 25.0 Å². The molecule has 2 fully saturated rings. The highest BCUT2D eigenvalue weighted by atomic mass is 32.2. The number of alkyl halides is 3. The van der Waals surface area contributed by atoms with E-state index >= 15 is 0 Å². The van der Waals surface area contributed by atoms with Crippen LogP contribution < -0.4 is 10.0 Å². The summed E-state index contributed by atoms with van der Waals surface area (Å²) in [5.74, 6) is -0.758. The maximum Gasteiger partial charge on any atom is 0.417 e. The van der Waals surface area contributed by atoms with E-state index in [1.165, 1.54) is 17.9 Å². The number of rotatable bonds is 6. The molecule has 1 atom stereocenters. The second-order valence-corrected chi connectivity index (χ2v) is 9.40. The molecule has 2 aliphatic rings. The van der Waals surface area contributed by atoms with Crippen molar-refractivity contribution in [1.29, 1.82) is 0 Å². The van der Waals surface area contributed by atoms with E-state index < -0.39 is 38.6 Å². The third-order valence-electron chi connectivity index (χ3n) is 5.29. The predicted octanol–water partition coefficient (Wildman–Crippen LogP) is 1.89. The van der Waals surface area contributed by atoms with Gasteiger partial charge in [-0.2, -0.15) is 17.9 Å². The van der Waals surface area contributed by atoms with Crippen LogP contribution in [0.2, 0.25) is 0 Å². The van der Waals surface area contributed by atoms with Gasteiger partial charge in [0.2, 0.25) is 21.8 Å². The maximum absolute atomic E-state index is 13.2. The van der Waals surface area contributed by atoms with E-state index in [1.54, 1.807) is 0 Å². The quantitative estimate of drug-likeness (QED) is 0.696. The second kappa shape index (κ2) is 8.54. The van der Waals surface area contributed by atoms with Gasteiger partial charge < -0.3 is 10.2 Å². The molecule has 0 bridgehead atoms. The molecule has 1 aromatic rings. The van der Waals surface area contributed by atoms with Gasteiger partial charge in [-0.15, -0.1) is 0 Å². The van der Waals surface area contributed by atoms with Gasteiger partial charge in [-0.25, -0.2) is 8.42 Å². The lowest BCUT2D eigenvalue weighted by atomic mass is 9.95. The third-order valence-corrected chi connectivity index (χ3v) is 6.88. The SMILES string of the molecule is C[C@H](NS(=O)(=O)c1ccccc1C(F)(F)F)C(=O)N1CCC(C(=O)NC2CC2)CC1. The third kappa shape index (κ3) is 5.31. The van der Waals surface area contributed by atoms with Gasteiger partial charge in [-0.1, -0.05) is 12.1 Å². The lowest BCUT2D eigenvalue weighted by molar-refractivity contribution is -0.139. The Morgan fingerprint density at radius 2 is 1.70 bits per heavy atom. The van der Waals surface area contributed by atoms with Gasteiger partial charge in [0.25, 0.3) is 0 Å². The van der Waals surface area contributed by atoms with Crippen molar-refractivity contribution in [3.05, 3.63) is 29.8 Å². The van der Waals surface area contributed by atoms with Crippen LogP contribution in [0.3, 0.4) is 0 Å². The molecule has 3 rings (SSSR count). The van der Waals surface area contributed by atoms with Crippen molar-refractivity contribution in [2.75, 3.05) is 13.1 Å². The lowest BCUT2D eigenvalue weighted by Crippen LogP contribution is -2.50. The number of halogens is 3. The fourth-order valence-electron chi connectivity index (χ4n) is 3.46. The number of hydrogen-bond donors (Lipinski definition) is 2. The van der Waals surface area contributed by atoms with Crippen LogP contribution in [0.1, 0.15) is 38.2 Å². The molecule has 1 aliphatic heterocycles. The predicted molar refractivity (Wildman–Crippen MR) is 102 cm³/mol. The van der Waals surface area contributed by atoms with Crippen LogP contribution in [0.25, 0.3) is 0 Å². The number of sulfonamides is 1. The summed E-state index contributed by atoms with van der Waals surface area (Å²) in [5, 5.41) is 2.93. The standard InChI is InChI=1S/C19H24F3N3O4S/c1-12(24-30(28,29)16-5-3-2-4-15(16)19(20,21)22)18(27)25-10-8-13(9-11-25)17(26)23-14-6-7-14/h2-5,12-14,24H,6-11H2,1H3,(H,23,26)/t12-/m0/s1. The number of benzene rings is 1. The summed E-state index contributed by atoms with van der Waals surface area (Å²) in [6, 6.07) is 2.83. The van der Waals surface area contributed by atoms with Crippen molar-refractivity contribution in [2.24, 2.45) is 5.92 Å². The van der Waals surface area contributed by atoms with Crippen molar-refractivity contribution >= 4 is 21.8 Å². The van der Waals surface area contributed by atoms with Crippen LogP contribution in [-0.4, -0.2) is 50.3 Å². The minimum Gasteiger partial charge on any atom is -0.353 e. The van der Waals surface area contributed by atoms with Gasteiger partial charge in [0.1, 0.15) is 0 Å². The summed E-state index contributed by atoms with van der Waals surface area (Å²) in [4.78, 5) is 25.3. The number of carbonyl (C=O) groups excluding carboxylic acids is 2. The highest BCUT2D eigenvalue weighted by Crippen LogP contribution is 2.34. The van der Waals surface area contributed by atoms with E-state index in [0.29, 0.717) is 18.9 Å². The zero-order valence-electron chi connectivity index (χ0n) is 16.4. The summed E-state index contributed by atoms with van der Waals surface area (Å²) in [5.41, 5.74) is -1.29. The van der Waals surface area contributed by atoms with Crippen molar-refractivity contribution < 1.29 is 31.2 Å². The zero-order chi connectivity index (χ0) is 22.1. The van der Waals surface area contributed by atoms with Crippen LogP contribution >= 0.6 is 0 Å². The van der Waals surface area contributed by atoms with Crippen molar-refractivity contribution in [1.82, 2.24) is 14.9 Å². The average Bonchev–Trinajstić information content (AvgIpc) is 3.50. The first-order valence-corrected chi connectivity index (χ1v) is 11.2. The number of piperidine rings is 1. The normalized spacial score (nSPS) is 19.4. The Kier molecular flexibility index (Phi) is 6.42. The summed E-state index contributed by atoms with van der Waals surface area (Å²) in [7, 11) is -4.57. The monoisotopic (exact) mass is 447 g/mol. The summed E-state index contributed by atoms with van der Waals surface area (Å²) < 4.78 is 66.5. The highest BCUT2D eigenvalue weighted by molar-refractivity contribution is 7.89. The number of carbonyl (C=O) groups is 2.